The molecule has 2 fully saturated rings. The van der Waals surface area contributed by atoms with E-state index in [1.54, 1.807) is 9.80 Å². The molecular weight excluding hydrogens is 396 g/mol. The zero-order chi connectivity index (χ0) is 22.2. The summed E-state index contributed by atoms with van der Waals surface area (Å²) in [6, 6.07) is 9.23. The monoisotopic (exact) mass is 426 g/mol. The molecule has 0 spiro atoms. The molecule has 31 heavy (non-hydrogen) atoms. The summed E-state index contributed by atoms with van der Waals surface area (Å²) in [6.45, 7) is 7.10. The van der Waals surface area contributed by atoms with E-state index in [9.17, 15) is 14.4 Å². The van der Waals surface area contributed by atoms with Crippen LogP contribution in [0.15, 0.2) is 35.1 Å². The molecule has 0 radical (unpaired) electrons. The second-order valence-corrected chi connectivity index (χ2v) is 9.34. The van der Waals surface area contributed by atoms with E-state index in [1.807, 2.05) is 51.1 Å². The zero-order valence-electron chi connectivity index (χ0n) is 18.4. The molecular formula is C23H30N4O4. The molecule has 2 aliphatic rings. The van der Waals surface area contributed by atoms with E-state index in [4.69, 9.17) is 4.74 Å². The van der Waals surface area contributed by atoms with Gasteiger partial charge in [-0.05, 0) is 58.1 Å². The molecule has 1 aliphatic carbocycles. The lowest BCUT2D eigenvalue weighted by Gasteiger charge is -2.35. The Morgan fingerprint density at radius 1 is 1.03 bits per heavy atom. The average Bonchev–Trinajstić information content (AvgIpc) is 3.48. The predicted molar refractivity (Wildman–Crippen MR) is 117 cm³/mol. The number of hydrogen-bond donors (Lipinski definition) is 1. The van der Waals surface area contributed by atoms with E-state index in [1.165, 1.54) is 4.57 Å². The highest BCUT2D eigenvalue weighted by Gasteiger charge is 2.33. The first-order chi connectivity index (χ1) is 14.7. The molecule has 0 atom stereocenters. The molecule has 2 aromatic rings. The van der Waals surface area contributed by atoms with Crippen LogP contribution >= 0.6 is 0 Å². The van der Waals surface area contributed by atoms with E-state index >= 15 is 0 Å². The minimum absolute atomic E-state index is 0.179. The summed E-state index contributed by atoms with van der Waals surface area (Å²) in [4.78, 5) is 45.0. The summed E-state index contributed by atoms with van der Waals surface area (Å²) in [5, 5.41) is 0. The number of hydrogen-bond acceptors (Lipinski definition) is 4. The Kier molecular flexibility index (Phi) is 5.64. The van der Waals surface area contributed by atoms with Crippen LogP contribution in [0, 0.1) is 5.92 Å². The first-order valence-electron chi connectivity index (χ1n) is 10.9. The number of rotatable bonds is 4. The topological polar surface area (TPSA) is 87.6 Å². The SMILES string of the molecule is CC(C)(C)OC(=O)N1CCN(C(=O)c2c(CC3CC3)[nH]c(=O)n2-c2ccccc2)CC1. The molecule has 1 saturated carbocycles. The van der Waals surface area contributed by atoms with Gasteiger partial charge in [0.25, 0.3) is 5.91 Å². The number of nitrogens with zero attached hydrogens (tertiary/aromatic N) is 3. The van der Waals surface area contributed by atoms with E-state index < -0.39 is 5.60 Å². The van der Waals surface area contributed by atoms with Crippen LogP contribution in [0.5, 0.6) is 0 Å². The van der Waals surface area contributed by atoms with Gasteiger partial charge >= 0.3 is 11.8 Å². The molecule has 0 bridgehead atoms. The summed E-state index contributed by atoms with van der Waals surface area (Å²) < 4.78 is 6.93. The molecule has 0 unspecified atom stereocenters. The standard InChI is InChI=1S/C23H30N4O4/c1-23(2,3)31-22(30)26-13-11-25(12-14-26)20(28)19-18(15-16-9-10-16)24-21(29)27(19)17-7-5-4-6-8-17/h4-8,16H,9-15H2,1-3H3,(H,24,29). The lowest BCUT2D eigenvalue weighted by molar-refractivity contribution is 0.0139. The number of carbonyl (C=O) groups excluding carboxylic acids is 2. The fraction of sp³-hybridized carbons (Fsp3) is 0.522. The summed E-state index contributed by atoms with van der Waals surface area (Å²) in [7, 11) is 0. The first kappa shape index (κ1) is 21.2. The Morgan fingerprint density at radius 2 is 1.65 bits per heavy atom. The molecule has 1 N–H and O–H groups in total. The van der Waals surface area contributed by atoms with Gasteiger partial charge in [-0.15, -0.1) is 0 Å². The largest absolute Gasteiger partial charge is 0.444 e. The van der Waals surface area contributed by atoms with Crippen molar-refractivity contribution in [3.63, 3.8) is 0 Å². The van der Waals surface area contributed by atoms with Gasteiger partial charge in [0.2, 0.25) is 0 Å². The van der Waals surface area contributed by atoms with Gasteiger partial charge in [0.1, 0.15) is 11.3 Å². The summed E-state index contributed by atoms with van der Waals surface area (Å²) in [5.41, 5.74) is 0.933. The molecule has 1 aliphatic heterocycles. The Balaban J connectivity index is 1.56. The zero-order valence-corrected chi connectivity index (χ0v) is 18.4. The van der Waals surface area contributed by atoms with Gasteiger partial charge in [-0.3, -0.25) is 9.36 Å². The fourth-order valence-corrected chi connectivity index (χ4v) is 3.86. The van der Waals surface area contributed by atoms with Gasteiger partial charge in [-0.2, -0.15) is 0 Å². The highest BCUT2D eigenvalue weighted by molar-refractivity contribution is 5.94. The number of nitrogens with one attached hydrogen (secondary N) is 1. The second-order valence-electron chi connectivity index (χ2n) is 9.34. The number of H-pyrrole nitrogens is 1. The maximum Gasteiger partial charge on any atom is 0.410 e. The lowest BCUT2D eigenvalue weighted by atomic mass is 10.1. The van der Waals surface area contributed by atoms with E-state index in [2.05, 4.69) is 4.98 Å². The third-order valence-corrected chi connectivity index (χ3v) is 5.60. The molecule has 8 heteroatoms. The quantitative estimate of drug-likeness (QED) is 0.814. The second kappa shape index (κ2) is 8.24. The van der Waals surface area contributed by atoms with Crippen molar-refractivity contribution >= 4 is 12.0 Å². The van der Waals surface area contributed by atoms with Crippen molar-refractivity contribution in [1.29, 1.82) is 0 Å². The molecule has 8 nitrogen and oxygen atoms in total. The third kappa shape index (κ3) is 4.84. The summed E-state index contributed by atoms with van der Waals surface area (Å²) in [5.74, 6) is 0.347. The Bertz CT molecular complexity index is 1010. The van der Waals surface area contributed by atoms with Crippen LogP contribution in [-0.4, -0.2) is 63.1 Å². The van der Waals surface area contributed by atoms with E-state index in [0.717, 1.165) is 12.8 Å². The maximum absolute atomic E-state index is 13.5. The van der Waals surface area contributed by atoms with Crippen LogP contribution in [-0.2, 0) is 11.2 Å². The van der Waals surface area contributed by atoms with Crippen LogP contribution in [0.1, 0.15) is 49.8 Å². The van der Waals surface area contributed by atoms with Crippen LogP contribution in [0.2, 0.25) is 0 Å². The van der Waals surface area contributed by atoms with Gasteiger partial charge in [-0.1, -0.05) is 18.2 Å². The molecule has 1 aromatic carbocycles. The molecule has 166 valence electrons. The van der Waals surface area contributed by atoms with E-state index in [0.29, 0.717) is 55.6 Å². The number of para-hydroxylation sites is 1. The minimum atomic E-state index is -0.557. The van der Waals surface area contributed by atoms with Crippen molar-refractivity contribution in [3.05, 3.63) is 52.2 Å². The van der Waals surface area contributed by atoms with Gasteiger partial charge in [0.15, 0.2) is 0 Å². The fourth-order valence-electron chi connectivity index (χ4n) is 3.86. The highest BCUT2D eigenvalue weighted by atomic mass is 16.6. The number of amides is 2. The smallest absolute Gasteiger partial charge is 0.410 e. The van der Waals surface area contributed by atoms with Crippen LogP contribution in [0.25, 0.3) is 5.69 Å². The highest BCUT2D eigenvalue weighted by Crippen LogP contribution is 2.33. The minimum Gasteiger partial charge on any atom is -0.444 e. The third-order valence-electron chi connectivity index (χ3n) is 5.60. The van der Waals surface area contributed by atoms with Crippen LogP contribution < -0.4 is 5.69 Å². The Hall–Kier alpha value is -3.03. The molecule has 4 rings (SSSR count). The summed E-state index contributed by atoms with van der Waals surface area (Å²) >= 11 is 0. The van der Waals surface area contributed by atoms with Gasteiger partial charge in [0, 0.05) is 31.9 Å². The van der Waals surface area contributed by atoms with Crippen molar-refractivity contribution in [1.82, 2.24) is 19.4 Å². The van der Waals surface area contributed by atoms with Gasteiger partial charge in [-0.25, -0.2) is 9.59 Å². The number of aromatic nitrogens is 2. The number of benzene rings is 1. The molecule has 2 heterocycles. The number of imidazole rings is 1. The molecule has 1 aromatic heterocycles. The van der Waals surface area contributed by atoms with Crippen LogP contribution in [0.3, 0.4) is 0 Å². The number of piperazine rings is 1. The molecule has 2 amide bonds. The number of carbonyl (C=O) groups is 2. The van der Waals surface area contributed by atoms with Gasteiger partial charge in [0.05, 0.1) is 5.69 Å². The van der Waals surface area contributed by atoms with Crippen molar-refractivity contribution in [2.24, 2.45) is 5.92 Å². The Morgan fingerprint density at radius 3 is 2.23 bits per heavy atom. The van der Waals surface area contributed by atoms with Crippen molar-refractivity contribution in [2.75, 3.05) is 26.2 Å². The maximum atomic E-state index is 13.5. The average molecular weight is 427 g/mol. The molecule has 1 saturated heterocycles. The number of ether oxygens (including phenoxy) is 1. The van der Waals surface area contributed by atoms with Crippen molar-refractivity contribution < 1.29 is 14.3 Å². The Labute approximate surface area is 181 Å². The normalized spacial score (nSPS) is 17.0. The van der Waals surface area contributed by atoms with Crippen molar-refractivity contribution in [2.45, 2.75) is 45.6 Å². The van der Waals surface area contributed by atoms with Crippen molar-refractivity contribution in [3.8, 4) is 5.69 Å². The lowest BCUT2D eigenvalue weighted by Crippen LogP contribution is -2.52. The first-order valence-corrected chi connectivity index (χ1v) is 10.9. The number of aromatic amines is 1. The van der Waals surface area contributed by atoms with E-state index in [-0.39, 0.29) is 17.7 Å². The summed E-state index contributed by atoms with van der Waals surface area (Å²) in [6.07, 6.45) is 2.59. The predicted octanol–water partition coefficient (Wildman–Crippen LogP) is 2.81. The van der Waals surface area contributed by atoms with Gasteiger partial charge < -0.3 is 19.5 Å². The van der Waals surface area contributed by atoms with Crippen LogP contribution in [0.4, 0.5) is 4.79 Å².